The highest BCUT2D eigenvalue weighted by atomic mass is 35.5. The van der Waals surface area contributed by atoms with Crippen LogP contribution < -0.4 is 10.1 Å². The van der Waals surface area contributed by atoms with Gasteiger partial charge in [-0.25, -0.2) is 8.42 Å². The van der Waals surface area contributed by atoms with Crippen molar-refractivity contribution >= 4 is 27.5 Å². The normalized spacial score (nSPS) is 17.7. The van der Waals surface area contributed by atoms with Crippen LogP contribution in [0.1, 0.15) is 31.2 Å². The lowest BCUT2D eigenvalue weighted by Crippen LogP contribution is -2.45. The smallest absolute Gasteiger partial charge is 0.243 e. The van der Waals surface area contributed by atoms with Gasteiger partial charge in [0.15, 0.2) is 0 Å². The number of ether oxygens (including phenoxy) is 1. The first-order valence-corrected chi connectivity index (χ1v) is 11.4. The molecule has 1 heterocycles. The number of methoxy groups -OCH3 is 1. The van der Waals surface area contributed by atoms with Gasteiger partial charge in [-0.15, -0.1) is 0 Å². The third-order valence-corrected chi connectivity index (χ3v) is 7.28. The molecule has 8 heteroatoms. The van der Waals surface area contributed by atoms with Crippen LogP contribution in [0.3, 0.4) is 0 Å². The van der Waals surface area contributed by atoms with Crippen LogP contribution in [-0.4, -0.2) is 38.3 Å². The summed E-state index contributed by atoms with van der Waals surface area (Å²) in [5, 5.41) is 3.37. The van der Waals surface area contributed by atoms with E-state index >= 15 is 0 Å². The third kappa shape index (κ3) is 5.50. The van der Waals surface area contributed by atoms with Crippen LogP contribution in [0.25, 0.3) is 0 Å². The predicted molar refractivity (Wildman–Crippen MR) is 112 cm³/mol. The van der Waals surface area contributed by atoms with E-state index in [-0.39, 0.29) is 23.3 Å². The second kappa shape index (κ2) is 9.61. The van der Waals surface area contributed by atoms with E-state index in [2.05, 4.69) is 5.32 Å². The summed E-state index contributed by atoms with van der Waals surface area (Å²) >= 11 is 5.88. The number of sulfonamides is 1. The summed E-state index contributed by atoms with van der Waals surface area (Å²) in [6.45, 7) is 0.806. The number of carbonyl (C=O) groups excluding carboxylic acids is 1. The largest absolute Gasteiger partial charge is 0.497 e. The maximum Gasteiger partial charge on any atom is 0.243 e. The zero-order chi connectivity index (χ0) is 20.9. The average Bonchev–Trinajstić information content (AvgIpc) is 2.73. The first kappa shape index (κ1) is 21.6. The monoisotopic (exact) mass is 436 g/mol. The van der Waals surface area contributed by atoms with Crippen LogP contribution in [0.4, 0.5) is 0 Å². The molecule has 29 heavy (non-hydrogen) atoms. The topological polar surface area (TPSA) is 75.7 Å². The Balaban J connectivity index is 1.64. The Kier molecular flexibility index (Phi) is 7.16. The Labute approximate surface area is 176 Å². The fourth-order valence-electron chi connectivity index (χ4n) is 3.47. The van der Waals surface area contributed by atoms with Crippen molar-refractivity contribution in [3.8, 4) is 5.75 Å². The summed E-state index contributed by atoms with van der Waals surface area (Å²) in [4.78, 5) is 12.7. The molecule has 1 atom stereocenters. The van der Waals surface area contributed by atoms with Crippen LogP contribution in [-0.2, 0) is 21.4 Å². The number of piperidine rings is 1. The number of nitrogens with zero attached hydrogens (tertiary/aromatic N) is 1. The molecule has 0 spiro atoms. The lowest BCUT2D eigenvalue weighted by atomic mass is 10.0. The third-order valence-electron chi connectivity index (χ3n) is 5.06. The fourth-order valence-corrected chi connectivity index (χ4v) is 5.29. The first-order chi connectivity index (χ1) is 13.9. The summed E-state index contributed by atoms with van der Waals surface area (Å²) in [5.41, 5.74) is 0.952. The molecule has 1 N–H and O–H groups in total. The van der Waals surface area contributed by atoms with Gasteiger partial charge in [0.05, 0.1) is 12.0 Å². The van der Waals surface area contributed by atoms with Gasteiger partial charge in [-0.1, -0.05) is 30.2 Å². The van der Waals surface area contributed by atoms with E-state index in [9.17, 15) is 13.2 Å². The van der Waals surface area contributed by atoms with Crippen LogP contribution in [0.5, 0.6) is 5.75 Å². The molecule has 2 aromatic rings. The maximum absolute atomic E-state index is 13.1. The van der Waals surface area contributed by atoms with E-state index < -0.39 is 10.0 Å². The molecule has 1 fully saturated rings. The standard InChI is InChI=1S/C21H25ClN2O4S/c1-28-19-9-5-16(6-10-19)15-23-21(25)14-18-4-2-3-13-24(18)29(26,27)20-11-7-17(22)8-12-20/h5-12,18H,2-4,13-15H2,1H3,(H,23,25)/t18-/m1/s1. The summed E-state index contributed by atoms with van der Waals surface area (Å²) in [6.07, 6.45) is 2.51. The van der Waals surface area contributed by atoms with Gasteiger partial charge in [0, 0.05) is 30.6 Å². The summed E-state index contributed by atoms with van der Waals surface area (Å²) in [5.74, 6) is 0.592. The Bertz CT molecular complexity index is 930. The van der Waals surface area contributed by atoms with E-state index in [1.54, 1.807) is 19.2 Å². The van der Waals surface area contributed by atoms with E-state index in [1.165, 1.54) is 16.4 Å². The van der Waals surface area contributed by atoms with E-state index in [0.717, 1.165) is 24.2 Å². The number of benzene rings is 2. The zero-order valence-corrected chi connectivity index (χ0v) is 17.9. The number of halogens is 1. The molecule has 0 aromatic heterocycles. The number of hydrogen-bond acceptors (Lipinski definition) is 4. The van der Waals surface area contributed by atoms with Gasteiger partial charge in [-0.05, 0) is 54.8 Å². The molecule has 1 saturated heterocycles. The molecule has 6 nitrogen and oxygen atoms in total. The molecule has 0 aliphatic carbocycles. The molecule has 0 bridgehead atoms. The van der Waals surface area contributed by atoms with Crippen LogP contribution >= 0.6 is 11.6 Å². The molecular weight excluding hydrogens is 412 g/mol. The molecule has 0 saturated carbocycles. The van der Waals surface area contributed by atoms with Gasteiger partial charge in [0.1, 0.15) is 5.75 Å². The van der Waals surface area contributed by atoms with Crippen molar-refractivity contribution in [2.45, 2.75) is 43.2 Å². The Hall–Kier alpha value is -2.09. The number of amides is 1. The fraction of sp³-hybridized carbons (Fsp3) is 0.381. The highest BCUT2D eigenvalue weighted by Crippen LogP contribution is 2.27. The minimum absolute atomic E-state index is 0.142. The second-order valence-corrected chi connectivity index (χ2v) is 9.38. The quantitative estimate of drug-likeness (QED) is 0.719. The molecule has 0 unspecified atom stereocenters. The number of nitrogens with one attached hydrogen (secondary N) is 1. The van der Waals surface area contributed by atoms with E-state index in [0.29, 0.717) is 24.5 Å². The van der Waals surface area contributed by atoms with Crippen molar-refractivity contribution in [1.29, 1.82) is 0 Å². The van der Waals surface area contributed by atoms with Crippen LogP contribution in [0, 0.1) is 0 Å². The van der Waals surface area contributed by atoms with Gasteiger partial charge < -0.3 is 10.1 Å². The number of hydrogen-bond donors (Lipinski definition) is 1. The Morgan fingerprint density at radius 1 is 1.14 bits per heavy atom. The van der Waals surface area contributed by atoms with Crippen LogP contribution in [0.15, 0.2) is 53.4 Å². The van der Waals surface area contributed by atoms with E-state index in [1.807, 2.05) is 24.3 Å². The lowest BCUT2D eigenvalue weighted by Gasteiger charge is -2.34. The maximum atomic E-state index is 13.1. The second-order valence-electron chi connectivity index (χ2n) is 7.05. The van der Waals surface area contributed by atoms with Gasteiger partial charge in [0.2, 0.25) is 15.9 Å². The van der Waals surface area contributed by atoms with Crippen molar-refractivity contribution in [1.82, 2.24) is 9.62 Å². The summed E-state index contributed by atoms with van der Waals surface area (Å²) in [7, 11) is -2.07. The first-order valence-electron chi connectivity index (χ1n) is 9.57. The molecule has 1 aliphatic heterocycles. The van der Waals surface area contributed by atoms with Gasteiger partial charge in [-0.3, -0.25) is 4.79 Å². The van der Waals surface area contributed by atoms with Gasteiger partial charge in [-0.2, -0.15) is 4.31 Å². The Morgan fingerprint density at radius 3 is 2.48 bits per heavy atom. The van der Waals surface area contributed by atoms with Crippen molar-refractivity contribution in [3.05, 3.63) is 59.1 Å². The lowest BCUT2D eigenvalue weighted by molar-refractivity contribution is -0.122. The SMILES string of the molecule is COc1ccc(CNC(=O)C[C@H]2CCCCN2S(=O)(=O)c2ccc(Cl)cc2)cc1. The molecular formula is C21H25ClN2O4S. The van der Waals surface area contributed by atoms with Crippen molar-refractivity contribution in [2.75, 3.05) is 13.7 Å². The molecule has 156 valence electrons. The minimum atomic E-state index is -3.67. The molecule has 3 rings (SSSR count). The molecule has 1 amide bonds. The van der Waals surface area contributed by atoms with Gasteiger partial charge in [0.25, 0.3) is 0 Å². The minimum Gasteiger partial charge on any atom is -0.497 e. The highest BCUT2D eigenvalue weighted by Gasteiger charge is 2.34. The van der Waals surface area contributed by atoms with Crippen molar-refractivity contribution in [2.24, 2.45) is 0 Å². The molecule has 0 radical (unpaired) electrons. The number of carbonyl (C=O) groups is 1. The molecule has 1 aliphatic rings. The van der Waals surface area contributed by atoms with Crippen molar-refractivity contribution < 1.29 is 17.9 Å². The molecule has 2 aromatic carbocycles. The number of rotatable bonds is 7. The van der Waals surface area contributed by atoms with Crippen molar-refractivity contribution in [3.63, 3.8) is 0 Å². The zero-order valence-electron chi connectivity index (χ0n) is 16.3. The Morgan fingerprint density at radius 2 is 1.83 bits per heavy atom. The summed E-state index contributed by atoms with van der Waals surface area (Å²) in [6, 6.07) is 13.2. The summed E-state index contributed by atoms with van der Waals surface area (Å²) < 4.78 is 32.7. The predicted octanol–water partition coefficient (Wildman–Crippen LogP) is 3.60. The van der Waals surface area contributed by atoms with Crippen LogP contribution in [0.2, 0.25) is 5.02 Å². The average molecular weight is 437 g/mol. The van der Waals surface area contributed by atoms with E-state index in [4.69, 9.17) is 16.3 Å². The highest BCUT2D eigenvalue weighted by molar-refractivity contribution is 7.89. The van der Waals surface area contributed by atoms with Gasteiger partial charge >= 0.3 is 0 Å².